The van der Waals surface area contributed by atoms with Gasteiger partial charge in [0.2, 0.25) is 5.91 Å². The number of rotatable bonds is 3. The van der Waals surface area contributed by atoms with Crippen molar-refractivity contribution in [1.82, 2.24) is 9.91 Å². The molecule has 30 heavy (non-hydrogen) atoms. The van der Waals surface area contributed by atoms with Crippen LogP contribution in [0.2, 0.25) is 0 Å². The lowest BCUT2D eigenvalue weighted by Gasteiger charge is -2.37. The first-order valence-corrected chi connectivity index (χ1v) is 13.5. The highest BCUT2D eigenvalue weighted by molar-refractivity contribution is 7.91. The number of fused-ring (bicyclic) bond motifs is 1. The summed E-state index contributed by atoms with van der Waals surface area (Å²) in [6, 6.07) is 5.51. The molecular formula is C20H21N3O4S3. The van der Waals surface area contributed by atoms with E-state index in [0.717, 1.165) is 16.9 Å². The van der Waals surface area contributed by atoms with Crippen molar-refractivity contribution >= 4 is 50.0 Å². The van der Waals surface area contributed by atoms with Gasteiger partial charge in [0.15, 0.2) is 9.84 Å². The Morgan fingerprint density at radius 1 is 1.13 bits per heavy atom. The zero-order valence-electron chi connectivity index (χ0n) is 16.2. The molecule has 10 heteroatoms. The van der Waals surface area contributed by atoms with Crippen molar-refractivity contribution in [2.24, 2.45) is 5.10 Å². The molecule has 0 bridgehead atoms. The maximum Gasteiger partial charge on any atom is 0.270 e. The third-order valence-corrected chi connectivity index (χ3v) is 9.57. The Kier molecular flexibility index (Phi) is 5.03. The van der Waals surface area contributed by atoms with Gasteiger partial charge in [-0.25, -0.2) is 13.4 Å². The van der Waals surface area contributed by atoms with Gasteiger partial charge >= 0.3 is 0 Å². The molecule has 2 atom stereocenters. The maximum absolute atomic E-state index is 13.5. The number of amides is 2. The van der Waals surface area contributed by atoms with Crippen LogP contribution in [0.4, 0.5) is 0 Å². The van der Waals surface area contributed by atoms with Crippen molar-refractivity contribution in [3.05, 3.63) is 44.3 Å². The van der Waals surface area contributed by atoms with Crippen LogP contribution in [0.1, 0.15) is 40.6 Å². The predicted octanol–water partition coefficient (Wildman–Crippen LogP) is 2.45. The van der Waals surface area contributed by atoms with Gasteiger partial charge < -0.3 is 4.90 Å². The van der Waals surface area contributed by atoms with E-state index in [2.05, 4.69) is 16.5 Å². The van der Waals surface area contributed by atoms with Crippen LogP contribution >= 0.6 is 22.7 Å². The molecule has 5 rings (SSSR count). The molecule has 0 aromatic carbocycles. The molecular weight excluding hydrogens is 442 g/mol. The van der Waals surface area contributed by atoms with Gasteiger partial charge in [0.05, 0.1) is 23.6 Å². The van der Waals surface area contributed by atoms with Crippen molar-refractivity contribution in [2.45, 2.75) is 37.8 Å². The zero-order chi connectivity index (χ0) is 20.9. The second kappa shape index (κ2) is 7.58. The highest BCUT2D eigenvalue weighted by Gasteiger charge is 2.40. The Morgan fingerprint density at radius 2 is 2.00 bits per heavy atom. The van der Waals surface area contributed by atoms with E-state index in [4.69, 9.17) is 0 Å². The fourth-order valence-electron chi connectivity index (χ4n) is 4.43. The van der Waals surface area contributed by atoms with Crippen LogP contribution in [0, 0.1) is 0 Å². The molecule has 5 heterocycles. The van der Waals surface area contributed by atoms with Crippen molar-refractivity contribution in [3.63, 3.8) is 0 Å². The van der Waals surface area contributed by atoms with Crippen molar-refractivity contribution in [2.75, 3.05) is 18.1 Å². The monoisotopic (exact) mass is 463 g/mol. The molecule has 7 nitrogen and oxygen atoms in total. The van der Waals surface area contributed by atoms with Crippen LogP contribution in [-0.4, -0.2) is 59.9 Å². The van der Waals surface area contributed by atoms with E-state index in [1.165, 1.54) is 9.89 Å². The minimum atomic E-state index is -3.15. The fraction of sp³-hybridized carbons (Fsp3) is 0.450. The predicted molar refractivity (Wildman–Crippen MR) is 116 cm³/mol. The van der Waals surface area contributed by atoms with Crippen LogP contribution in [0.3, 0.4) is 0 Å². The third kappa shape index (κ3) is 3.50. The number of hydrogen-bond donors (Lipinski definition) is 0. The van der Waals surface area contributed by atoms with Gasteiger partial charge in [-0.3, -0.25) is 9.59 Å². The minimum absolute atomic E-state index is 0.0633. The van der Waals surface area contributed by atoms with E-state index in [1.54, 1.807) is 22.7 Å². The van der Waals surface area contributed by atoms with Crippen molar-refractivity contribution in [1.29, 1.82) is 0 Å². The average Bonchev–Trinajstić information content (AvgIpc) is 3.47. The lowest BCUT2D eigenvalue weighted by Crippen LogP contribution is -2.47. The Bertz CT molecular complexity index is 1120. The van der Waals surface area contributed by atoms with Crippen molar-refractivity contribution < 1.29 is 18.0 Å². The normalized spacial score (nSPS) is 25.9. The maximum atomic E-state index is 13.5. The Morgan fingerprint density at radius 3 is 2.73 bits per heavy atom. The fourth-order valence-corrected chi connectivity index (χ4v) is 7.88. The zero-order valence-corrected chi connectivity index (χ0v) is 18.6. The summed E-state index contributed by atoms with van der Waals surface area (Å²) in [4.78, 5) is 30.2. The molecule has 0 unspecified atom stereocenters. The molecule has 0 N–H and O–H groups in total. The number of hydrazone groups is 1. The van der Waals surface area contributed by atoms with E-state index < -0.39 is 15.9 Å². The number of carbonyl (C=O) groups is 2. The molecule has 0 spiro atoms. The summed E-state index contributed by atoms with van der Waals surface area (Å²) in [5, 5.41) is 9.74. The summed E-state index contributed by atoms with van der Waals surface area (Å²) in [6.45, 7) is 0.597. The number of sulfone groups is 1. The number of thiophene rings is 2. The Hall–Kier alpha value is -2.04. The average molecular weight is 464 g/mol. The molecule has 0 aliphatic carbocycles. The number of carbonyl (C=O) groups excluding carboxylic acids is 2. The van der Waals surface area contributed by atoms with Crippen LogP contribution in [-0.2, 0) is 25.8 Å². The highest BCUT2D eigenvalue weighted by atomic mass is 32.2. The summed E-state index contributed by atoms with van der Waals surface area (Å²) in [5.41, 5.74) is 1.51. The van der Waals surface area contributed by atoms with Crippen LogP contribution in [0.5, 0.6) is 0 Å². The molecule has 3 aliphatic rings. The first-order valence-electron chi connectivity index (χ1n) is 9.93. The number of nitrogens with zero attached hydrogens (tertiary/aromatic N) is 3. The van der Waals surface area contributed by atoms with E-state index >= 15 is 0 Å². The quantitative estimate of drug-likeness (QED) is 0.700. The lowest BCUT2D eigenvalue weighted by molar-refractivity contribution is -0.134. The summed E-state index contributed by atoms with van der Waals surface area (Å²) in [5.74, 6) is -0.386. The van der Waals surface area contributed by atoms with Gasteiger partial charge in [-0.1, -0.05) is 6.07 Å². The first-order chi connectivity index (χ1) is 14.4. The molecule has 3 aliphatic heterocycles. The highest BCUT2D eigenvalue weighted by Crippen LogP contribution is 2.40. The summed E-state index contributed by atoms with van der Waals surface area (Å²) in [6.07, 6.45) is 1.65. The SMILES string of the molecule is O=C(C1=NN([C@@H]2CCS(=O)(=O)C2)C(=O)CC1)N1CCc2sccc2[C@H]1c1cccs1. The van der Waals surface area contributed by atoms with Gasteiger partial charge in [-0.05, 0) is 41.3 Å². The minimum Gasteiger partial charge on any atom is -0.325 e. The molecule has 2 amide bonds. The van der Waals surface area contributed by atoms with E-state index in [9.17, 15) is 18.0 Å². The summed E-state index contributed by atoms with van der Waals surface area (Å²) in [7, 11) is -3.15. The van der Waals surface area contributed by atoms with Crippen LogP contribution in [0.25, 0.3) is 0 Å². The van der Waals surface area contributed by atoms with E-state index in [1.807, 2.05) is 22.4 Å². The van der Waals surface area contributed by atoms with Crippen LogP contribution < -0.4 is 0 Å². The van der Waals surface area contributed by atoms with Gasteiger partial charge in [0, 0.05) is 29.1 Å². The molecule has 2 aromatic heterocycles. The lowest BCUT2D eigenvalue weighted by atomic mass is 9.97. The second-order valence-electron chi connectivity index (χ2n) is 7.81. The molecule has 2 aromatic rings. The topological polar surface area (TPSA) is 87.1 Å². The smallest absolute Gasteiger partial charge is 0.270 e. The molecule has 0 radical (unpaired) electrons. The van der Waals surface area contributed by atoms with Crippen LogP contribution in [0.15, 0.2) is 34.1 Å². The van der Waals surface area contributed by atoms with Crippen molar-refractivity contribution in [3.8, 4) is 0 Å². The van der Waals surface area contributed by atoms with E-state index in [-0.39, 0.29) is 42.2 Å². The largest absolute Gasteiger partial charge is 0.325 e. The Labute approximate surface area is 182 Å². The van der Waals surface area contributed by atoms with Gasteiger partial charge in [0.1, 0.15) is 5.71 Å². The summed E-state index contributed by atoms with van der Waals surface area (Å²) >= 11 is 3.34. The second-order valence-corrected chi connectivity index (χ2v) is 12.0. The molecule has 1 fully saturated rings. The van der Waals surface area contributed by atoms with Gasteiger partial charge in [-0.2, -0.15) is 5.10 Å². The molecule has 158 valence electrons. The molecule has 1 saturated heterocycles. The Balaban J connectivity index is 1.46. The summed E-state index contributed by atoms with van der Waals surface area (Å²) < 4.78 is 23.7. The van der Waals surface area contributed by atoms with E-state index in [0.29, 0.717) is 18.7 Å². The van der Waals surface area contributed by atoms with Gasteiger partial charge in [-0.15, -0.1) is 22.7 Å². The third-order valence-electron chi connectivity index (χ3n) is 5.90. The van der Waals surface area contributed by atoms with Gasteiger partial charge in [0.25, 0.3) is 5.91 Å². The standard InChI is InChI=1S/C20H21N3O4S3/c24-18-4-3-15(21-23(18)13-7-11-30(26,27)12-13)20(25)22-8-5-16-14(6-10-29-16)19(22)17-2-1-9-28-17/h1-2,6,9-10,13,19H,3-5,7-8,11-12H2/t13-,19+/m1/s1. The molecule has 0 saturated carbocycles. The first kappa shape index (κ1) is 19.9. The number of hydrogen-bond acceptors (Lipinski definition) is 7.